The number of rotatable bonds is 8. The highest BCUT2D eigenvalue weighted by Crippen LogP contribution is 2.47. The molecule has 7 rings (SSSR count). The van der Waals surface area contributed by atoms with Crippen LogP contribution in [0.1, 0.15) is 87.8 Å². The second kappa shape index (κ2) is 14.6. The Morgan fingerprint density at radius 1 is 1.11 bits per heavy atom. The second-order valence-corrected chi connectivity index (χ2v) is 17.0. The quantitative estimate of drug-likeness (QED) is 0.285. The standard InChI is InChI=1S/C37H43FN8O7S/c1-3-25-33(43-28-17-23(38)11-12-26(28)41-25)53-24-18-30-32(48)44-37(35(50)45-54(51,52)36(2)13-14-36)19-22(37)9-7-5-4-6-8-10-27(34(49)46(30)21-24)42-31(47)29-20-39-15-16-40-29/h7,9,11-12,15-17,20,22,24,27,30H,3-6,8,10,13-14,18-19,21H2,1-2H3,(H,42,47)(H,44,48)(H,45,50)/t22-,24-,27+,30+,37-/m1/s1. The summed E-state index contributed by atoms with van der Waals surface area (Å²) in [6.07, 6.45) is 11.5. The van der Waals surface area contributed by atoms with Gasteiger partial charge in [-0.2, -0.15) is 0 Å². The molecule has 1 saturated heterocycles. The van der Waals surface area contributed by atoms with Gasteiger partial charge in [0.2, 0.25) is 27.7 Å². The van der Waals surface area contributed by atoms with Crippen molar-refractivity contribution in [1.29, 1.82) is 0 Å². The van der Waals surface area contributed by atoms with Gasteiger partial charge in [0.1, 0.15) is 40.9 Å². The van der Waals surface area contributed by atoms with E-state index in [2.05, 4.69) is 35.3 Å². The summed E-state index contributed by atoms with van der Waals surface area (Å²) in [5.41, 5.74) is -0.291. The fourth-order valence-electron chi connectivity index (χ4n) is 7.13. The highest BCUT2D eigenvalue weighted by molar-refractivity contribution is 7.91. The van der Waals surface area contributed by atoms with E-state index in [1.165, 1.54) is 41.7 Å². The third-order valence-electron chi connectivity index (χ3n) is 10.9. The Kier molecular flexibility index (Phi) is 10.1. The maximum atomic E-state index is 14.5. The highest BCUT2D eigenvalue weighted by atomic mass is 32.2. The number of benzene rings is 1. The maximum Gasteiger partial charge on any atom is 0.272 e. The number of fused-ring (bicyclic) bond motifs is 3. The molecular formula is C37H43FN8O7S. The molecule has 15 nitrogen and oxygen atoms in total. The van der Waals surface area contributed by atoms with Crippen molar-refractivity contribution in [3.63, 3.8) is 0 Å². The molecule has 286 valence electrons. The Bertz CT molecular complexity index is 2120. The van der Waals surface area contributed by atoms with Crippen molar-refractivity contribution in [3.05, 3.63) is 66.1 Å². The molecule has 3 aromatic rings. The molecule has 1 aromatic carbocycles. The lowest BCUT2D eigenvalue weighted by molar-refractivity contribution is -0.141. The van der Waals surface area contributed by atoms with Gasteiger partial charge >= 0.3 is 0 Å². The number of sulfonamides is 1. The van der Waals surface area contributed by atoms with Crippen LogP contribution in [0.2, 0.25) is 0 Å². The Balaban J connectivity index is 1.21. The number of nitrogens with zero attached hydrogens (tertiary/aromatic N) is 5. The van der Waals surface area contributed by atoms with Crippen molar-refractivity contribution in [3.8, 4) is 5.88 Å². The van der Waals surface area contributed by atoms with E-state index in [4.69, 9.17) is 4.74 Å². The molecule has 2 saturated carbocycles. The minimum Gasteiger partial charge on any atom is -0.471 e. The van der Waals surface area contributed by atoms with Gasteiger partial charge in [0.25, 0.3) is 11.8 Å². The van der Waals surface area contributed by atoms with Gasteiger partial charge in [0.05, 0.1) is 28.5 Å². The Morgan fingerprint density at radius 3 is 2.67 bits per heavy atom. The lowest BCUT2D eigenvalue weighted by Gasteiger charge is -2.30. The first-order chi connectivity index (χ1) is 25.8. The normalized spacial score (nSPS) is 26.8. The third-order valence-corrected chi connectivity index (χ3v) is 13.0. The minimum atomic E-state index is -4.01. The summed E-state index contributed by atoms with van der Waals surface area (Å²) >= 11 is 0. The molecule has 54 heavy (non-hydrogen) atoms. The number of allylic oxidation sites excluding steroid dienone is 1. The summed E-state index contributed by atoms with van der Waals surface area (Å²) in [5, 5.41) is 5.64. The fraction of sp³-hybridized carbons (Fsp3) is 0.514. The third kappa shape index (κ3) is 7.50. The number of ether oxygens (including phenoxy) is 1. The van der Waals surface area contributed by atoms with Crippen LogP contribution in [0.3, 0.4) is 0 Å². The second-order valence-electron chi connectivity index (χ2n) is 14.8. The summed E-state index contributed by atoms with van der Waals surface area (Å²) in [5.74, 6) is -3.48. The summed E-state index contributed by atoms with van der Waals surface area (Å²) in [6.45, 7) is 3.35. The monoisotopic (exact) mass is 762 g/mol. The Labute approximate surface area is 312 Å². The molecule has 0 radical (unpaired) electrons. The number of nitrogens with one attached hydrogen (secondary N) is 3. The molecule has 3 fully saturated rings. The average Bonchev–Trinajstić information content (AvgIpc) is 4.03. The van der Waals surface area contributed by atoms with Crippen molar-refractivity contribution in [2.24, 2.45) is 5.92 Å². The van der Waals surface area contributed by atoms with Crippen molar-refractivity contribution in [2.45, 2.75) is 107 Å². The summed E-state index contributed by atoms with van der Waals surface area (Å²) in [7, 11) is -4.01. The summed E-state index contributed by atoms with van der Waals surface area (Å²) in [4.78, 5) is 74.5. The molecular weight excluding hydrogens is 720 g/mol. The molecule has 2 aliphatic heterocycles. The molecule has 17 heteroatoms. The molecule has 0 spiro atoms. The molecule has 0 bridgehead atoms. The smallest absolute Gasteiger partial charge is 0.272 e. The molecule has 3 N–H and O–H groups in total. The van der Waals surface area contributed by atoms with Crippen molar-refractivity contribution in [2.75, 3.05) is 6.54 Å². The van der Waals surface area contributed by atoms with Gasteiger partial charge in [-0.15, -0.1) is 0 Å². The topological polar surface area (TPSA) is 203 Å². The lowest BCUT2D eigenvalue weighted by Crippen LogP contribution is -2.58. The first kappa shape index (κ1) is 37.3. The van der Waals surface area contributed by atoms with Gasteiger partial charge in [-0.1, -0.05) is 31.9 Å². The van der Waals surface area contributed by atoms with E-state index in [-0.39, 0.29) is 42.9 Å². The van der Waals surface area contributed by atoms with Crippen molar-refractivity contribution >= 4 is 44.7 Å². The van der Waals surface area contributed by atoms with Crippen LogP contribution in [0, 0.1) is 11.7 Å². The van der Waals surface area contributed by atoms with E-state index in [1.54, 1.807) is 6.92 Å². The zero-order valence-electron chi connectivity index (χ0n) is 30.1. The number of halogens is 1. The number of carbonyl (C=O) groups excluding carboxylic acids is 4. The van der Waals surface area contributed by atoms with Gasteiger partial charge in [0.15, 0.2) is 0 Å². The molecule has 4 amide bonds. The zero-order valence-corrected chi connectivity index (χ0v) is 30.9. The molecule has 5 atom stereocenters. The van der Waals surface area contributed by atoms with Gasteiger partial charge in [-0.05, 0) is 64.0 Å². The number of aryl methyl sites for hydroxylation is 1. The predicted octanol–water partition coefficient (Wildman–Crippen LogP) is 2.66. The van der Waals surface area contributed by atoms with Crippen molar-refractivity contribution < 1.29 is 36.7 Å². The highest BCUT2D eigenvalue weighted by Gasteiger charge is 2.63. The fourth-order valence-corrected chi connectivity index (χ4v) is 8.44. The zero-order chi connectivity index (χ0) is 38.3. The average molecular weight is 763 g/mol. The molecule has 4 aliphatic rings. The van der Waals surface area contributed by atoms with Crippen LogP contribution in [0.5, 0.6) is 5.88 Å². The molecule has 2 aromatic heterocycles. The van der Waals surface area contributed by atoms with Gasteiger partial charge in [-0.25, -0.2) is 27.8 Å². The Morgan fingerprint density at radius 2 is 1.93 bits per heavy atom. The van der Waals surface area contributed by atoms with Crippen LogP contribution in [-0.2, 0) is 30.8 Å². The van der Waals surface area contributed by atoms with Gasteiger partial charge < -0.3 is 20.3 Å². The Hall–Kier alpha value is -5.06. The molecule has 0 unspecified atom stereocenters. The SMILES string of the molecule is CCc1nc2ccc(F)cc2nc1O[C@@H]1C[C@H]2C(=O)N[C@]3(C(=O)NS(=O)(=O)C4(C)CC4)C[C@H]3C=CCCCCC[C@H](NC(=O)c3cnccn3)C(=O)N2C1. The van der Waals surface area contributed by atoms with Crippen LogP contribution in [0.4, 0.5) is 4.39 Å². The largest absolute Gasteiger partial charge is 0.471 e. The van der Waals surface area contributed by atoms with Crippen LogP contribution in [0.15, 0.2) is 48.9 Å². The first-order valence-corrected chi connectivity index (χ1v) is 19.9. The first-order valence-electron chi connectivity index (χ1n) is 18.4. The van der Waals surface area contributed by atoms with E-state index in [1.807, 2.05) is 19.1 Å². The number of amides is 4. The van der Waals surface area contributed by atoms with Gasteiger partial charge in [-0.3, -0.25) is 28.9 Å². The summed E-state index contributed by atoms with van der Waals surface area (Å²) < 4.78 is 47.9. The van der Waals surface area contributed by atoms with Gasteiger partial charge in [0, 0.05) is 30.8 Å². The van der Waals surface area contributed by atoms with Crippen molar-refractivity contribution in [1.82, 2.24) is 40.2 Å². The maximum absolute atomic E-state index is 14.5. The number of hydrogen-bond acceptors (Lipinski definition) is 11. The van der Waals surface area contributed by atoms with E-state index >= 15 is 0 Å². The number of aromatic nitrogens is 4. The molecule has 2 aliphatic carbocycles. The molecule has 4 heterocycles. The predicted molar refractivity (Wildman–Crippen MR) is 193 cm³/mol. The summed E-state index contributed by atoms with van der Waals surface area (Å²) in [6, 6.07) is 1.83. The number of hydrogen-bond donors (Lipinski definition) is 3. The van der Waals surface area contributed by atoms with Crippen LogP contribution < -0.4 is 20.1 Å². The van der Waals surface area contributed by atoms with Crippen LogP contribution in [-0.4, -0.2) is 91.9 Å². The van der Waals surface area contributed by atoms with E-state index < -0.39 is 73.9 Å². The van der Waals surface area contributed by atoms with Crippen LogP contribution >= 0.6 is 0 Å². The number of carbonyl (C=O) groups is 4. The lowest BCUT2D eigenvalue weighted by atomic mass is 10.0. The van der Waals surface area contributed by atoms with E-state index in [9.17, 15) is 32.0 Å². The van der Waals surface area contributed by atoms with E-state index in [0.29, 0.717) is 43.3 Å². The minimum absolute atomic E-state index is 0.0180. The van der Waals surface area contributed by atoms with Crippen LogP contribution in [0.25, 0.3) is 11.0 Å². The van der Waals surface area contributed by atoms with E-state index in [0.717, 1.165) is 12.8 Å².